The van der Waals surface area contributed by atoms with Crippen molar-refractivity contribution in [2.24, 2.45) is 11.5 Å². The van der Waals surface area contributed by atoms with Gasteiger partial charge in [0.1, 0.15) is 5.82 Å². The molecule has 0 bridgehead atoms. The zero-order chi connectivity index (χ0) is 22.3. The predicted molar refractivity (Wildman–Crippen MR) is 117 cm³/mol. The van der Waals surface area contributed by atoms with Crippen LogP contribution in [0.5, 0.6) is 0 Å². The zero-order valence-corrected chi connectivity index (χ0v) is 17.6. The molecule has 0 aromatic heterocycles. The highest BCUT2D eigenvalue weighted by atomic mass is 19.1. The first-order valence-corrected chi connectivity index (χ1v) is 10.5. The van der Waals surface area contributed by atoms with Gasteiger partial charge in [0.15, 0.2) is 0 Å². The number of benzene rings is 2. The molecule has 1 saturated carbocycles. The Morgan fingerprint density at radius 2 is 1.71 bits per heavy atom. The van der Waals surface area contributed by atoms with E-state index < -0.39 is 11.4 Å². The van der Waals surface area contributed by atoms with Crippen molar-refractivity contribution in [3.63, 3.8) is 0 Å². The smallest absolute Gasteiger partial charge is 0.256 e. The fourth-order valence-corrected chi connectivity index (χ4v) is 4.03. The van der Waals surface area contributed by atoms with Gasteiger partial charge in [-0.1, -0.05) is 24.3 Å². The van der Waals surface area contributed by atoms with E-state index in [1.54, 1.807) is 21.9 Å². The maximum Gasteiger partial charge on any atom is 0.256 e. The molecule has 1 unspecified atom stereocenters. The molecule has 7 nitrogen and oxygen atoms in total. The molecule has 2 amide bonds. The molecule has 1 saturated heterocycles. The van der Waals surface area contributed by atoms with E-state index in [1.807, 2.05) is 19.1 Å². The zero-order valence-electron chi connectivity index (χ0n) is 17.6. The number of hydrogen-bond donors (Lipinski definition) is 3. The first-order valence-electron chi connectivity index (χ1n) is 10.5. The van der Waals surface area contributed by atoms with E-state index >= 15 is 0 Å². The number of para-hydroxylation sites is 1. The molecule has 1 atom stereocenters. The van der Waals surface area contributed by atoms with Gasteiger partial charge in [0.05, 0.1) is 11.1 Å². The van der Waals surface area contributed by atoms with E-state index in [2.05, 4.69) is 0 Å². The van der Waals surface area contributed by atoms with E-state index in [0.29, 0.717) is 55.8 Å². The van der Waals surface area contributed by atoms with E-state index in [0.717, 1.165) is 5.56 Å². The minimum Gasteiger partial charge on any atom is -0.398 e. The Labute approximate surface area is 181 Å². The fraction of sp³-hybridized carbons (Fsp3) is 0.391. The largest absolute Gasteiger partial charge is 0.398 e. The molecular weight excluding hydrogens is 397 g/mol. The predicted octanol–water partition coefficient (Wildman–Crippen LogP) is 1.87. The molecule has 1 aliphatic carbocycles. The molecule has 164 valence electrons. The van der Waals surface area contributed by atoms with Crippen LogP contribution in [0.3, 0.4) is 0 Å². The Hall–Kier alpha value is -2.97. The minimum absolute atomic E-state index is 0.00272. The van der Waals surface area contributed by atoms with Gasteiger partial charge in [-0.3, -0.25) is 9.59 Å². The average Bonchev–Trinajstić information content (AvgIpc) is 3.51. The lowest BCUT2D eigenvalue weighted by molar-refractivity contribution is -0.135. The van der Waals surface area contributed by atoms with Crippen LogP contribution < -0.4 is 17.2 Å². The number of carbonyl (C=O) groups excluding carboxylic acids is 2. The van der Waals surface area contributed by atoms with Gasteiger partial charge in [-0.25, -0.2) is 4.39 Å². The van der Waals surface area contributed by atoms with Gasteiger partial charge in [0.25, 0.3) is 5.91 Å². The maximum atomic E-state index is 14.9. The summed E-state index contributed by atoms with van der Waals surface area (Å²) in [6.07, 6.45) is 1.42. The van der Waals surface area contributed by atoms with Gasteiger partial charge >= 0.3 is 0 Å². The van der Waals surface area contributed by atoms with Gasteiger partial charge in [0, 0.05) is 43.5 Å². The second kappa shape index (κ2) is 7.94. The highest BCUT2D eigenvalue weighted by molar-refractivity contribution is 5.96. The van der Waals surface area contributed by atoms with Crippen LogP contribution in [0.15, 0.2) is 36.4 Å². The molecule has 4 rings (SSSR count). The lowest BCUT2D eigenvalue weighted by atomic mass is 9.96. The van der Waals surface area contributed by atoms with Crippen LogP contribution in [0.4, 0.5) is 10.1 Å². The van der Waals surface area contributed by atoms with Crippen molar-refractivity contribution >= 4 is 17.5 Å². The molecule has 2 aromatic rings. The minimum atomic E-state index is -0.713. The van der Waals surface area contributed by atoms with Crippen LogP contribution in [0, 0.1) is 5.82 Å². The number of piperazine rings is 1. The highest BCUT2D eigenvalue weighted by Crippen LogP contribution is 2.35. The molecule has 6 N–H and O–H groups in total. The Morgan fingerprint density at radius 1 is 1.06 bits per heavy atom. The quantitative estimate of drug-likeness (QED) is 0.646. The van der Waals surface area contributed by atoms with Crippen molar-refractivity contribution in [2.45, 2.75) is 31.3 Å². The van der Waals surface area contributed by atoms with Gasteiger partial charge in [0.2, 0.25) is 5.91 Å². The topological polar surface area (TPSA) is 119 Å². The molecule has 2 aromatic carbocycles. The first-order chi connectivity index (χ1) is 14.7. The summed E-state index contributed by atoms with van der Waals surface area (Å²) < 4.78 is 14.9. The summed E-state index contributed by atoms with van der Waals surface area (Å²) in [6.45, 7) is 3.35. The monoisotopic (exact) mass is 425 g/mol. The molecular formula is C23H28FN5O2. The first kappa shape index (κ1) is 21.3. The Kier molecular flexibility index (Phi) is 5.45. The number of amides is 2. The normalized spacial score (nSPS) is 18.6. The third kappa shape index (κ3) is 4.00. The number of hydrogen-bond acceptors (Lipinski definition) is 5. The summed E-state index contributed by atoms with van der Waals surface area (Å²) in [7, 11) is 0. The third-order valence-electron chi connectivity index (χ3n) is 6.21. The van der Waals surface area contributed by atoms with Gasteiger partial charge in [-0.15, -0.1) is 0 Å². The summed E-state index contributed by atoms with van der Waals surface area (Å²) in [4.78, 5) is 28.5. The van der Waals surface area contributed by atoms with Crippen LogP contribution in [0.25, 0.3) is 11.1 Å². The van der Waals surface area contributed by atoms with Crippen molar-refractivity contribution in [1.29, 1.82) is 0 Å². The van der Waals surface area contributed by atoms with Gasteiger partial charge in [-0.2, -0.15) is 0 Å². The highest BCUT2D eigenvalue weighted by Gasteiger charge is 2.48. The Bertz CT molecular complexity index is 1030. The number of nitrogens with zero attached hydrogens (tertiary/aromatic N) is 2. The summed E-state index contributed by atoms with van der Waals surface area (Å²) in [5, 5.41) is 0. The van der Waals surface area contributed by atoms with Crippen molar-refractivity contribution < 1.29 is 14.0 Å². The second-order valence-corrected chi connectivity index (χ2v) is 8.53. The molecule has 8 heteroatoms. The summed E-state index contributed by atoms with van der Waals surface area (Å²) in [5.41, 5.74) is 20.0. The summed E-state index contributed by atoms with van der Waals surface area (Å²) >= 11 is 0. The molecule has 1 aliphatic heterocycles. The number of nitrogens with two attached hydrogens (primary N) is 3. The van der Waals surface area contributed by atoms with E-state index in [9.17, 15) is 14.0 Å². The van der Waals surface area contributed by atoms with Crippen molar-refractivity contribution in [3.05, 3.63) is 53.3 Å². The summed E-state index contributed by atoms with van der Waals surface area (Å²) in [6, 6.07) is 9.74. The lowest BCUT2D eigenvalue weighted by Crippen LogP contribution is -2.55. The standard InChI is InChI=1S/C23H28FN5O2/c1-14(25)16-3-2-4-17(20(16)26)15-5-6-18(19(24)13-15)21(30)28-9-11-29(12-10-28)22(31)23(27)7-8-23/h2-6,13-14H,7-12,25-27H2,1H3. The van der Waals surface area contributed by atoms with Crippen LogP contribution in [0.1, 0.15) is 41.7 Å². The SMILES string of the molecule is CC(N)c1cccc(-c2ccc(C(=O)N3CCN(C(=O)C4(N)CC4)CC3)c(F)c2)c1N. The van der Waals surface area contributed by atoms with Crippen LogP contribution in [-0.4, -0.2) is 53.3 Å². The number of rotatable bonds is 4. The van der Waals surface area contributed by atoms with E-state index in [1.165, 1.54) is 12.1 Å². The van der Waals surface area contributed by atoms with Crippen molar-refractivity contribution in [2.75, 3.05) is 31.9 Å². The molecule has 0 spiro atoms. The molecule has 31 heavy (non-hydrogen) atoms. The van der Waals surface area contributed by atoms with E-state index in [4.69, 9.17) is 17.2 Å². The van der Waals surface area contributed by atoms with Crippen LogP contribution in [-0.2, 0) is 4.79 Å². The lowest BCUT2D eigenvalue weighted by Gasteiger charge is -2.36. The number of anilines is 1. The Balaban J connectivity index is 1.48. The Morgan fingerprint density at radius 3 is 2.29 bits per heavy atom. The van der Waals surface area contributed by atoms with E-state index in [-0.39, 0.29) is 23.4 Å². The average molecular weight is 426 g/mol. The van der Waals surface area contributed by atoms with Crippen LogP contribution in [0.2, 0.25) is 0 Å². The fourth-order valence-electron chi connectivity index (χ4n) is 4.03. The second-order valence-electron chi connectivity index (χ2n) is 8.53. The maximum absolute atomic E-state index is 14.9. The van der Waals surface area contributed by atoms with Gasteiger partial charge < -0.3 is 27.0 Å². The molecule has 2 aliphatic rings. The molecule has 1 heterocycles. The number of nitrogen functional groups attached to an aromatic ring is 1. The van der Waals surface area contributed by atoms with Crippen molar-refractivity contribution in [3.8, 4) is 11.1 Å². The molecule has 0 radical (unpaired) electrons. The summed E-state index contributed by atoms with van der Waals surface area (Å²) in [5.74, 6) is -1.05. The molecule has 2 fully saturated rings. The van der Waals surface area contributed by atoms with Crippen molar-refractivity contribution in [1.82, 2.24) is 9.80 Å². The van der Waals surface area contributed by atoms with Crippen LogP contribution >= 0.6 is 0 Å². The third-order valence-corrected chi connectivity index (χ3v) is 6.21. The number of carbonyl (C=O) groups is 2. The van der Waals surface area contributed by atoms with Gasteiger partial charge in [-0.05, 0) is 43.0 Å². The number of halogens is 1.